The number of allylic oxidation sites excluding steroid dienone is 2. The van der Waals surface area contributed by atoms with Crippen molar-refractivity contribution in [1.82, 2.24) is 9.97 Å². The zero-order valence-corrected chi connectivity index (χ0v) is 29.5. The Kier molecular flexibility index (Phi) is 12.4. The molecule has 3 aromatic heterocycles. The van der Waals surface area contributed by atoms with E-state index >= 15 is 0 Å². The van der Waals surface area contributed by atoms with Crippen molar-refractivity contribution >= 4 is 65.0 Å². The van der Waals surface area contributed by atoms with Crippen LogP contribution in [0.5, 0.6) is 0 Å². The van der Waals surface area contributed by atoms with Crippen molar-refractivity contribution in [2.75, 3.05) is 0 Å². The number of aliphatic hydroxyl groups excluding tert-OH is 1. The summed E-state index contributed by atoms with van der Waals surface area (Å²) < 4.78 is 43.8. The van der Waals surface area contributed by atoms with Crippen molar-refractivity contribution in [1.29, 1.82) is 0 Å². The van der Waals surface area contributed by atoms with Gasteiger partial charge in [-0.05, 0) is 25.7 Å². The number of fused-ring (bicyclic) bond motifs is 3. The maximum atomic E-state index is 13.9. The number of aliphatic hydroxyl groups is 1. The summed E-state index contributed by atoms with van der Waals surface area (Å²) in [6.45, 7) is 8.07. The van der Waals surface area contributed by atoms with Crippen LogP contribution in [0.3, 0.4) is 0 Å². The van der Waals surface area contributed by atoms with Gasteiger partial charge in [0.05, 0.1) is 5.76 Å². The standard InChI is InChI=1S/C19H8F3N2Se2.C13H24O2.Ir/c20-19(21,22)15-12-4-2-1-3-10(12)7-13-16(23-9-24-17(13)15)14-8-11-5-6-25-18(11)26-14;1-5-10(6-2)12(14)9-13(15)11(7-3)8-4;/h1-7,9H;9-11,14H,5-8H2,1-4H3;/q-1;;/b;12-9-;. The molecule has 42 heavy (non-hydrogen) atoms. The molecule has 225 valence electrons. The van der Waals surface area contributed by atoms with E-state index in [0.717, 1.165) is 35.5 Å². The Balaban J connectivity index is 0.000000263. The van der Waals surface area contributed by atoms with E-state index in [-0.39, 0.29) is 68.9 Å². The summed E-state index contributed by atoms with van der Waals surface area (Å²) >= 11 is 0.390. The summed E-state index contributed by atoms with van der Waals surface area (Å²) in [4.78, 5) is 22.2. The van der Waals surface area contributed by atoms with Crippen molar-refractivity contribution in [2.24, 2.45) is 11.8 Å². The maximum absolute atomic E-state index is 13.9. The minimum atomic E-state index is -4.49. The maximum Gasteiger partial charge on any atom is 0 e. The van der Waals surface area contributed by atoms with Crippen LogP contribution in [0.2, 0.25) is 0 Å². The predicted molar refractivity (Wildman–Crippen MR) is 162 cm³/mol. The topological polar surface area (TPSA) is 63.1 Å². The number of halogens is 3. The molecule has 0 bridgehead atoms. The van der Waals surface area contributed by atoms with Crippen LogP contribution >= 0.6 is 0 Å². The average molecular weight is 884 g/mol. The average Bonchev–Trinajstić information content (AvgIpc) is 3.55. The number of hydrogen-bond acceptors (Lipinski definition) is 4. The first-order chi connectivity index (χ1) is 19.6. The number of alkyl halides is 3. The molecule has 5 aromatic rings. The quantitative estimate of drug-likeness (QED) is 0.0560. The summed E-state index contributed by atoms with van der Waals surface area (Å²) in [5.41, 5.74) is -0.158. The van der Waals surface area contributed by atoms with Gasteiger partial charge in [-0.25, -0.2) is 0 Å². The Bertz CT molecular complexity index is 1660. The van der Waals surface area contributed by atoms with Gasteiger partial charge in [-0.2, -0.15) is 0 Å². The number of rotatable bonds is 8. The van der Waals surface area contributed by atoms with Crippen LogP contribution in [0.15, 0.2) is 59.5 Å². The minimum absolute atomic E-state index is 0. The summed E-state index contributed by atoms with van der Waals surface area (Å²) in [6.07, 6.45) is 1.65. The van der Waals surface area contributed by atoms with Gasteiger partial charge in [-0.1, -0.05) is 27.7 Å². The molecule has 0 saturated carbocycles. The van der Waals surface area contributed by atoms with Gasteiger partial charge in [-0.15, -0.1) is 0 Å². The number of carbonyl (C=O) groups is 1. The zero-order valence-electron chi connectivity index (χ0n) is 23.7. The molecule has 10 heteroatoms. The molecule has 0 spiro atoms. The molecule has 0 atom stereocenters. The van der Waals surface area contributed by atoms with Gasteiger partial charge in [0.1, 0.15) is 0 Å². The van der Waals surface area contributed by atoms with E-state index in [1.165, 1.54) is 21.6 Å². The Hall–Kier alpha value is -2.05. The van der Waals surface area contributed by atoms with Crippen molar-refractivity contribution in [3.63, 3.8) is 0 Å². The van der Waals surface area contributed by atoms with Crippen LogP contribution in [0.1, 0.15) is 58.9 Å². The van der Waals surface area contributed by atoms with Crippen LogP contribution in [0.4, 0.5) is 13.2 Å². The molecule has 0 unspecified atom stereocenters. The number of benzene rings is 2. The van der Waals surface area contributed by atoms with Crippen molar-refractivity contribution in [3.8, 4) is 10.1 Å². The van der Waals surface area contributed by atoms with Gasteiger partial charge in [0.2, 0.25) is 0 Å². The normalized spacial score (nSPS) is 12.2. The smallest absolute Gasteiger partial charge is 0 e. The molecule has 0 saturated heterocycles. The molecular weight excluding hydrogens is 851 g/mol. The third kappa shape index (κ3) is 7.53. The minimum Gasteiger partial charge on any atom is 0 e. The zero-order chi connectivity index (χ0) is 29.7. The van der Waals surface area contributed by atoms with Crippen LogP contribution in [0, 0.1) is 17.9 Å². The van der Waals surface area contributed by atoms with Crippen molar-refractivity contribution in [2.45, 2.75) is 59.6 Å². The van der Waals surface area contributed by atoms with E-state index in [4.69, 9.17) is 0 Å². The SMILES string of the molecule is CCC(CC)C(=O)/C=C(\O)C(CC)CC.FC(F)(F)c1c2ccccc2cc2c(-c3[c-]c4cc[se]c4[se]3)ncnc12.[Ir]. The fourth-order valence-electron chi connectivity index (χ4n) is 4.93. The van der Waals surface area contributed by atoms with Crippen LogP contribution in [-0.4, -0.2) is 49.9 Å². The molecule has 4 nitrogen and oxygen atoms in total. The van der Waals surface area contributed by atoms with E-state index in [0.29, 0.717) is 31.0 Å². The van der Waals surface area contributed by atoms with E-state index < -0.39 is 11.7 Å². The van der Waals surface area contributed by atoms with Gasteiger partial charge in [0.25, 0.3) is 0 Å². The fourth-order valence-corrected chi connectivity index (χ4v) is 10.0. The van der Waals surface area contributed by atoms with Gasteiger partial charge >= 0.3 is 158 Å². The van der Waals surface area contributed by atoms with Crippen molar-refractivity contribution in [3.05, 3.63) is 71.1 Å². The van der Waals surface area contributed by atoms with Crippen LogP contribution in [-0.2, 0) is 31.1 Å². The predicted octanol–water partition coefficient (Wildman–Crippen LogP) is 8.40. The van der Waals surface area contributed by atoms with E-state index in [9.17, 15) is 23.1 Å². The Morgan fingerprint density at radius 3 is 2.29 bits per heavy atom. The number of carbonyl (C=O) groups excluding carboxylic acids is 1. The van der Waals surface area contributed by atoms with E-state index in [1.807, 2.05) is 33.8 Å². The number of ketones is 1. The number of hydrogen-bond donors (Lipinski definition) is 1. The van der Waals surface area contributed by atoms with Gasteiger partial charge in [-0.3, -0.25) is 4.79 Å². The van der Waals surface area contributed by atoms with E-state index in [2.05, 4.69) is 21.0 Å². The molecule has 1 N–H and O–H groups in total. The van der Waals surface area contributed by atoms with Gasteiger partial charge < -0.3 is 5.11 Å². The molecule has 3 heterocycles. The summed E-state index contributed by atoms with van der Waals surface area (Å²) in [5, 5.41) is 12.0. The van der Waals surface area contributed by atoms with Crippen LogP contribution in [0.25, 0.3) is 40.3 Å². The molecule has 0 aliphatic carbocycles. The molecular formula is C32H32F3IrN2O2Se2-. The van der Waals surface area contributed by atoms with Crippen molar-refractivity contribution < 1.29 is 43.2 Å². The molecule has 0 aliphatic rings. The first kappa shape index (κ1) is 34.4. The third-order valence-corrected chi connectivity index (χ3v) is 12.6. The van der Waals surface area contributed by atoms with Gasteiger partial charge in [0.15, 0.2) is 5.78 Å². The summed E-state index contributed by atoms with van der Waals surface area (Å²) in [5.74, 6) is 0.547. The summed E-state index contributed by atoms with van der Waals surface area (Å²) in [7, 11) is 0. The Labute approximate surface area is 269 Å². The Morgan fingerprint density at radius 1 is 1.00 bits per heavy atom. The fraction of sp³-hybridized carbons (Fsp3) is 0.344. The Morgan fingerprint density at radius 2 is 1.67 bits per heavy atom. The summed E-state index contributed by atoms with van der Waals surface area (Å²) in [6, 6.07) is 13.7. The first-order valence-electron chi connectivity index (χ1n) is 13.7. The molecule has 0 amide bonds. The molecule has 0 fully saturated rings. The van der Waals surface area contributed by atoms with E-state index in [1.54, 1.807) is 24.3 Å². The van der Waals surface area contributed by atoms with Gasteiger partial charge in [0, 0.05) is 38.0 Å². The number of nitrogens with zero attached hydrogens (tertiary/aromatic N) is 2. The largest absolute Gasteiger partial charge is 0 e. The number of aromatic nitrogens is 2. The monoisotopic (exact) mass is 886 g/mol. The molecule has 5 rings (SSSR count). The second kappa shape index (κ2) is 15.1. The molecule has 0 aliphatic heterocycles. The second-order valence-electron chi connectivity index (χ2n) is 9.77. The third-order valence-electron chi connectivity index (χ3n) is 7.30. The van der Waals surface area contributed by atoms with Crippen LogP contribution < -0.4 is 0 Å². The molecule has 2 aromatic carbocycles. The molecule has 1 radical (unpaired) electrons. The first-order valence-corrected chi connectivity index (χ1v) is 17.3. The second-order valence-corrected chi connectivity index (χ2v) is 15.1.